The number of furan rings is 1. The Labute approximate surface area is 121 Å². The van der Waals surface area contributed by atoms with Gasteiger partial charge in [0, 0.05) is 18.3 Å². The van der Waals surface area contributed by atoms with Crippen LogP contribution in [-0.4, -0.2) is 17.0 Å². The van der Waals surface area contributed by atoms with Crippen molar-refractivity contribution in [2.75, 3.05) is 10.6 Å². The molecule has 1 heterocycles. The Hall–Kier alpha value is -2.76. The molecule has 0 radical (unpaired) electrons. The number of anilines is 2. The first kappa shape index (κ1) is 14.6. The lowest BCUT2D eigenvalue weighted by Gasteiger charge is -2.14. The molecule has 0 spiro atoms. The molecule has 6 nitrogen and oxygen atoms in total. The molecule has 0 fully saturated rings. The van der Waals surface area contributed by atoms with Crippen molar-refractivity contribution in [3.63, 3.8) is 0 Å². The highest BCUT2D eigenvalue weighted by molar-refractivity contribution is 5.89. The quantitative estimate of drug-likeness (QED) is 0.786. The van der Waals surface area contributed by atoms with Gasteiger partial charge in [-0.15, -0.1) is 0 Å². The van der Waals surface area contributed by atoms with Crippen molar-refractivity contribution in [3.05, 3.63) is 47.9 Å². The summed E-state index contributed by atoms with van der Waals surface area (Å²) >= 11 is 0. The Morgan fingerprint density at radius 3 is 2.52 bits per heavy atom. The fraction of sp³-hybridized carbons (Fsp3) is 0.200. The number of hydrogen-bond donors (Lipinski definition) is 3. The van der Waals surface area contributed by atoms with E-state index >= 15 is 0 Å². The van der Waals surface area contributed by atoms with Gasteiger partial charge in [-0.2, -0.15) is 0 Å². The van der Waals surface area contributed by atoms with Gasteiger partial charge < -0.3 is 20.2 Å². The lowest BCUT2D eigenvalue weighted by molar-refractivity contribution is -0.114. The first-order valence-electron chi connectivity index (χ1n) is 6.43. The van der Waals surface area contributed by atoms with Gasteiger partial charge in [0.15, 0.2) is 0 Å². The van der Waals surface area contributed by atoms with Crippen molar-refractivity contribution < 1.29 is 19.1 Å². The van der Waals surface area contributed by atoms with Crippen molar-refractivity contribution in [1.29, 1.82) is 0 Å². The fourth-order valence-corrected chi connectivity index (χ4v) is 1.91. The second-order valence-electron chi connectivity index (χ2n) is 4.64. The van der Waals surface area contributed by atoms with E-state index in [0.29, 0.717) is 11.4 Å². The molecule has 1 aromatic carbocycles. The van der Waals surface area contributed by atoms with E-state index in [1.54, 1.807) is 18.2 Å². The molecule has 1 amide bonds. The van der Waals surface area contributed by atoms with Crippen LogP contribution in [0.2, 0.25) is 0 Å². The Balaban J connectivity index is 2.09. The number of aromatic carboxylic acids is 1. The van der Waals surface area contributed by atoms with Gasteiger partial charge in [-0.25, -0.2) is 4.79 Å². The third-order valence-corrected chi connectivity index (χ3v) is 2.83. The highest BCUT2D eigenvalue weighted by Gasteiger charge is 2.14. The third-order valence-electron chi connectivity index (χ3n) is 2.83. The summed E-state index contributed by atoms with van der Waals surface area (Å²) in [7, 11) is 0. The zero-order valence-electron chi connectivity index (χ0n) is 11.7. The molecule has 1 aromatic heterocycles. The minimum absolute atomic E-state index is 0.0920. The number of hydrogen-bond acceptors (Lipinski definition) is 4. The summed E-state index contributed by atoms with van der Waals surface area (Å²) in [6, 6.07) is 10.1. The largest absolute Gasteiger partial charge is 0.475 e. The molecule has 110 valence electrons. The van der Waals surface area contributed by atoms with E-state index in [1.807, 2.05) is 19.1 Å². The number of carbonyl (C=O) groups is 2. The molecular formula is C15H16N2O4. The number of rotatable bonds is 5. The molecule has 0 aliphatic heterocycles. The van der Waals surface area contributed by atoms with Crippen molar-refractivity contribution >= 4 is 23.3 Å². The number of benzene rings is 1. The summed E-state index contributed by atoms with van der Waals surface area (Å²) < 4.78 is 5.24. The van der Waals surface area contributed by atoms with Crippen molar-refractivity contribution in [2.24, 2.45) is 0 Å². The predicted octanol–water partition coefficient (Wildman–Crippen LogP) is 3.11. The van der Waals surface area contributed by atoms with Crippen molar-refractivity contribution in [1.82, 2.24) is 0 Å². The van der Waals surface area contributed by atoms with E-state index in [1.165, 1.54) is 13.0 Å². The molecule has 6 heteroatoms. The minimum Gasteiger partial charge on any atom is -0.475 e. The topological polar surface area (TPSA) is 91.6 Å². The van der Waals surface area contributed by atoms with Gasteiger partial charge >= 0.3 is 5.97 Å². The Kier molecular flexibility index (Phi) is 4.27. The minimum atomic E-state index is -1.10. The highest BCUT2D eigenvalue weighted by atomic mass is 16.4. The lowest BCUT2D eigenvalue weighted by Crippen LogP contribution is -2.08. The summed E-state index contributed by atoms with van der Waals surface area (Å²) in [4.78, 5) is 21.8. The lowest BCUT2D eigenvalue weighted by atomic mass is 10.2. The molecule has 2 aromatic rings. The molecule has 0 aliphatic rings. The van der Waals surface area contributed by atoms with Crippen LogP contribution in [0.15, 0.2) is 40.8 Å². The molecule has 21 heavy (non-hydrogen) atoms. The number of carboxylic acids is 1. The average molecular weight is 288 g/mol. The zero-order valence-corrected chi connectivity index (χ0v) is 11.7. The smallest absolute Gasteiger partial charge is 0.371 e. The maximum Gasteiger partial charge on any atom is 0.371 e. The van der Waals surface area contributed by atoms with Gasteiger partial charge in [-0.1, -0.05) is 6.07 Å². The van der Waals surface area contributed by atoms with Crippen LogP contribution in [0.1, 0.15) is 36.2 Å². The molecule has 0 bridgehead atoms. The number of carbonyl (C=O) groups excluding carboxylic acids is 1. The standard InChI is InChI=1S/C15H16N2O4/c1-9(13-6-7-14(21-13)15(19)20)16-11-4-3-5-12(8-11)17-10(2)18/h3-9,16H,1-2H3,(H,17,18)(H,19,20). The molecular weight excluding hydrogens is 272 g/mol. The van der Waals surface area contributed by atoms with E-state index in [4.69, 9.17) is 9.52 Å². The monoisotopic (exact) mass is 288 g/mol. The number of carboxylic acid groups (broad SMARTS) is 1. The molecule has 3 N–H and O–H groups in total. The summed E-state index contributed by atoms with van der Waals surface area (Å²) in [5, 5.41) is 14.7. The molecule has 1 unspecified atom stereocenters. The SMILES string of the molecule is CC(=O)Nc1cccc(NC(C)c2ccc(C(=O)O)o2)c1. The van der Waals surface area contributed by atoms with E-state index in [2.05, 4.69) is 10.6 Å². The fourth-order valence-electron chi connectivity index (χ4n) is 1.91. The Morgan fingerprint density at radius 2 is 1.90 bits per heavy atom. The summed E-state index contributed by atoms with van der Waals surface area (Å²) in [6.07, 6.45) is 0. The van der Waals surface area contributed by atoms with Gasteiger partial charge in [0.05, 0.1) is 6.04 Å². The zero-order chi connectivity index (χ0) is 15.4. The number of amides is 1. The van der Waals surface area contributed by atoms with Gasteiger partial charge in [0.25, 0.3) is 0 Å². The van der Waals surface area contributed by atoms with Crippen LogP contribution >= 0.6 is 0 Å². The normalized spacial score (nSPS) is 11.7. The van der Waals surface area contributed by atoms with E-state index in [-0.39, 0.29) is 17.7 Å². The van der Waals surface area contributed by atoms with Gasteiger partial charge in [-0.05, 0) is 37.3 Å². The van der Waals surface area contributed by atoms with E-state index < -0.39 is 5.97 Å². The van der Waals surface area contributed by atoms with Crippen LogP contribution < -0.4 is 10.6 Å². The van der Waals surface area contributed by atoms with Crippen LogP contribution in [-0.2, 0) is 4.79 Å². The number of nitrogens with one attached hydrogen (secondary N) is 2. The van der Waals surface area contributed by atoms with Crippen molar-refractivity contribution in [2.45, 2.75) is 19.9 Å². The van der Waals surface area contributed by atoms with Crippen LogP contribution in [0.5, 0.6) is 0 Å². The predicted molar refractivity (Wildman–Crippen MR) is 78.5 cm³/mol. The molecule has 1 atom stereocenters. The maximum absolute atomic E-state index is 11.0. The average Bonchev–Trinajstić information content (AvgIpc) is 2.88. The van der Waals surface area contributed by atoms with Crippen LogP contribution in [0.3, 0.4) is 0 Å². The Bertz CT molecular complexity index is 663. The molecule has 0 saturated heterocycles. The Morgan fingerprint density at radius 1 is 1.19 bits per heavy atom. The van der Waals surface area contributed by atoms with E-state index in [9.17, 15) is 9.59 Å². The van der Waals surface area contributed by atoms with Crippen molar-refractivity contribution in [3.8, 4) is 0 Å². The third kappa shape index (κ3) is 3.85. The first-order chi connectivity index (χ1) is 9.95. The molecule has 2 rings (SSSR count). The second kappa shape index (κ2) is 6.13. The van der Waals surface area contributed by atoms with Crippen LogP contribution in [0.25, 0.3) is 0 Å². The summed E-state index contributed by atoms with van der Waals surface area (Å²) in [6.45, 7) is 3.30. The van der Waals surface area contributed by atoms with Crippen LogP contribution in [0.4, 0.5) is 11.4 Å². The summed E-state index contributed by atoms with van der Waals surface area (Å²) in [5.41, 5.74) is 1.48. The molecule has 0 aliphatic carbocycles. The summed E-state index contributed by atoms with van der Waals surface area (Å²) in [5.74, 6) is -0.804. The van der Waals surface area contributed by atoms with Gasteiger partial charge in [0.1, 0.15) is 5.76 Å². The second-order valence-corrected chi connectivity index (χ2v) is 4.64. The first-order valence-corrected chi connectivity index (χ1v) is 6.43. The van der Waals surface area contributed by atoms with Crippen LogP contribution in [0, 0.1) is 0 Å². The van der Waals surface area contributed by atoms with E-state index in [0.717, 1.165) is 5.69 Å². The van der Waals surface area contributed by atoms with Gasteiger partial charge in [0.2, 0.25) is 11.7 Å². The molecule has 0 saturated carbocycles. The maximum atomic E-state index is 11.0. The highest BCUT2D eigenvalue weighted by Crippen LogP contribution is 2.23. The van der Waals surface area contributed by atoms with Gasteiger partial charge in [-0.3, -0.25) is 4.79 Å².